The van der Waals surface area contributed by atoms with Crippen molar-refractivity contribution in [1.29, 1.82) is 0 Å². The Bertz CT molecular complexity index is 358. The first-order valence-corrected chi connectivity index (χ1v) is 6.02. The molecule has 16 heavy (non-hydrogen) atoms. The molecule has 3 nitrogen and oxygen atoms in total. The molecule has 0 radical (unpaired) electrons. The quantitative estimate of drug-likeness (QED) is 0.820. The van der Waals surface area contributed by atoms with Gasteiger partial charge in [0.25, 0.3) is 0 Å². The Morgan fingerprint density at radius 2 is 2.19 bits per heavy atom. The van der Waals surface area contributed by atoms with E-state index in [0.717, 1.165) is 30.5 Å². The van der Waals surface area contributed by atoms with Gasteiger partial charge in [-0.15, -0.1) is 0 Å². The van der Waals surface area contributed by atoms with Crippen LogP contribution in [-0.4, -0.2) is 25.6 Å². The van der Waals surface area contributed by atoms with Crippen molar-refractivity contribution < 1.29 is 0 Å². The largest absolute Gasteiger partial charge is 0.359 e. The highest BCUT2D eigenvalue weighted by Crippen LogP contribution is 2.30. The molecular formula is C13H21N3. The second-order valence-electron chi connectivity index (χ2n) is 4.83. The van der Waals surface area contributed by atoms with E-state index in [1.165, 1.54) is 18.4 Å². The van der Waals surface area contributed by atoms with Crippen molar-refractivity contribution in [3.63, 3.8) is 0 Å². The Kier molecular flexibility index (Phi) is 3.44. The number of hydrogen-bond acceptors (Lipinski definition) is 3. The highest BCUT2D eigenvalue weighted by Gasteiger charge is 2.23. The van der Waals surface area contributed by atoms with Crippen molar-refractivity contribution in [3.8, 4) is 0 Å². The van der Waals surface area contributed by atoms with Crippen LogP contribution in [-0.2, 0) is 6.54 Å². The summed E-state index contributed by atoms with van der Waals surface area (Å²) in [6.45, 7) is 4.12. The van der Waals surface area contributed by atoms with E-state index < -0.39 is 0 Å². The van der Waals surface area contributed by atoms with Gasteiger partial charge < -0.3 is 10.2 Å². The van der Waals surface area contributed by atoms with Gasteiger partial charge in [0.1, 0.15) is 5.82 Å². The minimum absolute atomic E-state index is 0.903. The Labute approximate surface area is 97.9 Å². The van der Waals surface area contributed by atoms with Crippen molar-refractivity contribution in [2.75, 3.05) is 25.5 Å². The molecule has 0 amide bonds. The molecule has 0 spiro atoms. The number of rotatable bonds is 5. The summed E-state index contributed by atoms with van der Waals surface area (Å²) in [5, 5.41) is 3.18. The zero-order valence-corrected chi connectivity index (χ0v) is 10.5. The first-order valence-electron chi connectivity index (χ1n) is 6.02. The molecule has 1 saturated carbocycles. The number of nitrogens with zero attached hydrogens (tertiary/aromatic N) is 2. The van der Waals surface area contributed by atoms with Crippen molar-refractivity contribution in [2.45, 2.75) is 26.3 Å². The first kappa shape index (κ1) is 11.4. The summed E-state index contributed by atoms with van der Waals surface area (Å²) in [7, 11) is 4.12. The lowest BCUT2D eigenvalue weighted by Crippen LogP contribution is -2.21. The van der Waals surface area contributed by atoms with Gasteiger partial charge in [-0.2, -0.15) is 0 Å². The molecule has 1 aromatic heterocycles. The molecule has 88 valence electrons. The molecule has 0 bridgehead atoms. The van der Waals surface area contributed by atoms with E-state index in [1.54, 1.807) is 0 Å². The van der Waals surface area contributed by atoms with E-state index in [-0.39, 0.29) is 0 Å². The molecule has 1 aliphatic carbocycles. The van der Waals surface area contributed by atoms with Crippen LogP contribution in [0.15, 0.2) is 12.1 Å². The Balaban J connectivity index is 2.11. The van der Waals surface area contributed by atoms with Crippen LogP contribution in [0.25, 0.3) is 0 Å². The predicted molar refractivity (Wildman–Crippen MR) is 67.7 cm³/mol. The van der Waals surface area contributed by atoms with Crippen LogP contribution >= 0.6 is 0 Å². The molecule has 0 saturated heterocycles. The van der Waals surface area contributed by atoms with Crippen LogP contribution in [0.1, 0.15) is 24.1 Å². The van der Waals surface area contributed by atoms with Crippen molar-refractivity contribution in [3.05, 3.63) is 23.4 Å². The van der Waals surface area contributed by atoms with E-state index in [2.05, 4.69) is 41.3 Å². The number of anilines is 1. The zero-order valence-electron chi connectivity index (χ0n) is 10.5. The van der Waals surface area contributed by atoms with Gasteiger partial charge in [0, 0.05) is 25.8 Å². The average Bonchev–Trinajstić information content (AvgIpc) is 3.01. The normalized spacial score (nSPS) is 15.2. The lowest BCUT2D eigenvalue weighted by molar-refractivity contribution is 0.769. The summed E-state index contributed by atoms with van der Waals surface area (Å²) < 4.78 is 0. The van der Waals surface area contributed by atoms with E-state index in [9.17, 15) is 0 Å². The molecule has 1 N–H and O–H groups in total. The summed E-state index contributed by atoms with van der Waals surface area (Å²) >= 11 is 0. The number of nitrogens with one attached hydrogen (secondary N) is 1. The van der Waals surface area contributed by atoms with Gasteiger partial charge in [-0.3, -0.25) is 0 Å². The summed E-state index contributed by atoms with van der Waals surface area (Å²) in [4.78, 5) is 6.88. The van der Waals surface area contributed by atoms with Crippen molar-refractivity contribution in [2.24, 2.45) is 5.92 Å². The first-order chi connectivity index (χ1) is 7.69. The standard InChI is InChI=1S/C13H21N3/c1-10-6-12(8-14-2)7-13(15-10)16(3)9-11-4-5-11/h6-7,11,14H,4-5,8-9H2,1-3H3. The fraction of sp³-hybridized carbons (Fsp3) is 0.615. The third-order valence-corrected chi connectivity index (χ3v) is 3.00. The second-order valence-corrected chi connectivity index (χ2v) is 4.83. The molecule has 0 aromatic carbocycles. The van der Waals surface area contributed by atoms with Gasteiger partial charge in [-0.1, -0.05) is 0 Å². The monoisotopic (exact) mass is 219 g/mol. The van der Waals surface area contributed by atoms with Gasteiger partial charge >= 0.3 is 0 Å². The fourth-order valence-electron chi connectivity index (χ4n) is 2.00. The van der Waals surface area contributed by atoms with E-state index in [4.69, 9.17) is 0 Å². The maximum absolute atomic E-state index is 4.59. The van der Waals surface area contributed by atoms with Gasteiger partial charge in [-0.05, 0) is 50.4 Å². The number of pyridine rings is 1. The minimum Gasteiger partial charge on any atom is -0.359 e. The van der Waals surface area contributed by atoms with Gasteiger partial charge in [-0.25, -0.2) is 4.98 Å². The molecule has 2 rings (SSSR count). The zero-order chi connectivity index (χ0) is 11.5. The number of aryl methyl sites for hydroxylation is 1. The van der Waals surface area contributed by atoms with Gasteiger partial charge in [0.15, 0.2) is 0 Å². The molecule has 1 heterocycles. The predicted octanol–water partition coefficient (Wildman–Crippen LogP) is 1.96. The van der Waals surface area contributed by atoms with Crippen LogP contribution in [0.4, 0.5) is 5.82 Å². The van der Waals surface area contributed by atoms with Crippen LogP contribution in [0.5, 0.6) is 0 Å². The molecule has 1 fully saturated rings. The molecule has 1 aliphatic rings. The summed E-state index contributed by atoms with van der Waals surface area (Å²) in [5.41, 5.74) is 2.41. The summed E-state index contributed by atoms with van der Waals surface area (Å²) in [5.74, 6) is 2.01. The van der Waals surface area contributed by atoms with Crippen molar-refractivity contribution in [1.82, 2.24) is 10.3 Å². The summed E-state index contributed by atoms with van der Waals surface area (Å²) in [6.07, 6.45) is 2.78. The summed E-state index contributed by atoms with van der Waals surface area (Å²) in [6, 6.07) is 4.33. The molecule has 0 unspecified atom stereocenters. The van der Waals surface area contributed by atoms with E-state index in [0.29, 0.717) is 0 Å². The molecule has 0 atom stereocenters. The lowest BCUT2D eigenvalue weighted by Gasteiger charge is -2.19. The average molecular weight is 219 g/mol. The molecular weight excluding hydrogens is 198 g/mol. The maximum Gasteiger partial charge on any atom is 0.128 e. The van der Waals surface area contributed by atoms with Gasteiger partial charge in [0.05, 0.1) is 0 Å². The van der Waals surface area contributed by atoms with Crippen LogP contribution in [0, 0.1) is 12.8 Å². The molecule has 0 aliphatic heterocycles. The second kappa shape index (κ2) is 4.83. The highest BCUT2D eigenvalue weighted by atomic mass is 15.2. The van der Waals surface area contributed by atoms with Crippen LogP contribution in [0.3, 0.4) is 0 Å². The van der Waals surface area contributed by atoms with Crippen LogP contribution in [0.2, 0.25) is 0 Å². The Morgan fingerprint density at radius 3 is 2.81 bits per heavy atom. The molecule has 3 heteroatoms. The minimum atomic E-state index is 0.903. The number of hydrogen-bond donors (Lipinski definition) is 1. The third kappa shape index (κ3) is 2.95. The maximum atomic E-state index is 4.59. The SMILES string of the molecule is CNCc1cc(C)nc(N(C)CC2CC2)c1. The Hall–Kier alpha value is -1.09. The van der Waals surface area contributed by atoms with E-state index in [1.807, 2.05) is 7.05 Å². The topological polar surface area (TPSA) is 28.2 Å². The Morgan fingerprint density at radius 1 is 1.44 bits per heavy atom. The smallest absolute Gasteiger partial charge is 0.128 e. The fourth-order valence-corrected chi connectivity index (χ4v) is 2.00. The third-order valence-electron chi connectivity index (χ3n) is 3.00. The lowest BCUT2D eigenvalue weighted by atomic mass is 10.2. The van der Waals surface area contributed by atoms with E-state index >= 15 is 0 Å². The van der Waals surface area contributed by atoms with Gasteiger partial charge in [0.2, 0.25) is 0 Å². The van der Waals surface area contributed by atoms with Crippen molar-refractivity contribution >= 4 is 5.82 Å². The highest BCUT2D eigenvalue weighted by molar-refractivity contribution is 5.42. The number of aromatic nitrogens is 1. The molecule has 1 aromatic rings. The van der Waals surface area contributed by atoms with Crippen LogP contribution < -0.4 is 10.2 Å².